The number of anilines is 2. The highest BCUT2D eigenvalue weighted by atomic mass is 19.1. The van der Waals surface area contributed by atoms with Gasteiger partial charge in [-0.25, -0.2) is 4.39 Å². The summed E-state index contributed by atoms with van der Waals surface area (Å²) in [5, 5.41) is 15.9. The second-order valence-electron chi connectivity index (χ2n) is 7.59. The Morgan fingerprint density at radius 1 is 1.07 bits per heavy atom. The van der Waals surface area contributed by atoms with E-state index in [4.69, 9.17) is 5.10 Å². The van der Waals surface area contributed by atoms with Gasteiger partial charge in [-0.2, -0.15) is 4.52 Å². The van der Waals surface area contributed by atoms with E-state index in [0.29, 0.717) is 5.92 Å². The van der Waals surface area contributed by atoms with Gasteiger partial charge in [-0.05, 0) is 37.1 Å². The molecule has 1 aliphatic heterocycles. The number of aromatic nitrogens is 4. The Morgan fingerprint density at radius 3 is 2.62 bits per heavy atom. The van der Waals surface area contributed by atoms with Crippen molar-refractivity contribution in [2.24, 2.45) is 0 Å². The lowest BCUT2D eigenvalue weighted by molar-refractivity contribution is -0.117. The highest BCUT2D eigenvalue weighted by Gasteiger charge is 2.29. The van der Waals surface area contributed by atoms with Gasteiger partial charge >= 0.3 is 0 Å². The van der Waals surface area contributed by atoms with Gasteiger partial charge in [0.1, 0.15) is 11.6 Å². The molecule has 2 aliphatic rings. The van der Waals surface area contributed by atoms with Gasteiger partial charge in [0.2, 0.25) is 5.91 Å². The van der Waals surface area contributed by atoms with Crippen molar-refractivity contribution in [3.8, 4) is 0 Å². The van der Waals surface area contributed by atoms with E-state index in [-0.39, 0.29) is 18.1 Å². The first-order valence-corrected chi connectivity index (χ1v) is 9.91. The van der Waals surface area contributed by atoms with Gasteiger partial charge in [0, 0.05) is 32.1 Å². The van der Waals surface area contributed by atoms with Gasteiger partial charge in [0.05, 0.1) is 12.2 Å². The lowest BCUT2D eigenvalue weighted by Crippen LogP contribution is -2.49. The van der Waals surface area contributed by atoms with Gasteiger partial charge in [0.25, 0.3) is 0 Å². The highest BCUT2D eigenvalue weighted by Crippen LogP contribution is 2.38. The number of amides is 1. The molecule has 1 aromatic carbocycles. The van der Waals surface area contributed by atoms with E-state index >= 15 is 0 Å². The largest absolute Gasteiger partial charge is 0.353 e. The summed E-state index contributed by atoms with van der Waals surface area (Å²) in [6, 6.07) is 10.1. The number of carbonyl (C=O) groups excluding carboxylic acids is 1. The van der Waals surface area contributed by atoms with Crippen LogP contribution in [0.4, 0.5) is 15.9 Å². The molecule has 1 saturated heterocycles. The molecule has 5 rings (SSSR count). The van der Waals surface area contributed by atoms with E-state index in [0.717, 1.165) is 56.3 Å². The van der Waals surface area contributed by atoms with Crippen LogP contribution in [0, 0.1) is 5.82 Å². The van der Waals surface area contributed by atoms with Crippen molar-refractivity contribution in [1.82, 2.24) is 24.7 Å². The fourth-order valence-corrected chi connectivity index (χ4v) is 3.65. The number of piperazine rings is 1. The Morgan fingerprint density at radius 2 is 1.86 bits per heavy atom. The quantitative estimate of drug-likeness (QED) is 0.711. The molecular weight excluding hydrogens is 373 g/mol. The van der Waals surface area contributed by atoms with Gasteiger partial charge in [-0.3, -0.25) is 9.69 Å². The van der Waals surface area contributed by atoms with E-state index < -0.39 is 5.82 Å². The molecule has 3 aromatic rings. The first kappa shape index (κ1) is 18.0. The Bertz CT molecular complexity index is 1040. The van der Waals surface area contributed by atoms with Gasteiger partial charge in [-0.1, -0.05) is 12.1 Å². The number of nitrogens with one attached hydrogen (secondary N) is 1. The van der Waals surface area contributed by atoms with Crippen molar-refractivity contribution >= 4 is 23.1 Å². The summed E-state index contributed by atoms with van der Waals surface area (Å²) in [6.07, 6.45) is 2.31. The zero-order valence-electron chi connectivity index (χ0n) is 16.0. The predicted octanol–water partition coefficient (Wildman–Crippen LogP) is 1.90. The van der Waals surface area contributed by atoms with Gasteiger partial charge in [0.15, 0.2) is 11.5 Å². The third kappa shape index (κ3) is 3.77. The number of para-hydroxylation sites is 1. The molecule has 8 nitrogen and oxygen atoms in total. The predicted molar refractivity (Wildman–Crippen MR) is 106 cm³/mol. The fraction of sp³-hybridized carbons (Fsp3) is 0.400. The van der Waals surface area contributed by atoms with Crippen LogP contribution in [-0.4, -0.2) is 63.3 Å². The average molecular weight is 395 g/mol. The van der Waals surface area contributed by atoms with E-state index in [1.165, 1.54) is 6.07 Å². The van der Waals surface area contributed by atoms with E-state index in [1.807, 2.05) is 16.6 Å². The number of benzene rings is 1. The number of carbonyl (C=O) groups is 1. The molecule has 3 heterocycles. The zero-order chi connectivity index (χ0) is 19.8. The minimum absolute atomic E-state index is 0.207. The van der Waals surface area contributed by atoms with Crippen molar-refractivity contribution < 1.29 is 9.18 Å². The molecule has 1 N–H and O–H groups in total. The molecule has 0 unspecified atom stereocenters. The lowest BCUT2D eigenvalue weighted by atomic mass is 10.3. The Labute approximate surface area is 167 Å². The summed E-state index contributed by atoms with van der Waals surface area (Å²) in [5.74, 6) is 1.70. The van der Waals surface area contributed by atoms with E-state index in [1.54, 1.807) is 18.2 Å². The standard InChI is InChI=1S/C20H22FN7O/c21-15-3-1-2-4-16(15)22-19(29)13-26-9-11-27(12-10-26)18-8-7-17-23-24-20(14-5-6-14)28(17)25-18/h1-4,7-8,14H,5-6,9-13H2,(H,22,29). The van der Waals surface area contributed by atoms with Crippen LogP contribution in [0.5, 0.6) is 0 Å². The summed E-state index contributed by atoms with van der Waals surface area (Å²) in [6.45, 7) is 3.26. The maximum Gasteiger partial charge on any atom is 0.238 e. The monoisotopic (exact) mass is 395 g/mol. The number of rotatable bonds is 5. The van der Waals surface area contributed by atoms with Crippen LogP contribution in [0.25, 0.3) is 5.65 Å². The third-order valence-electron chi connectivity index (χ3n) is 5.43. The molecule has 1 aliphatic carbocycles. The lowest BCUT2D eigenvalue weighted by Gasteiger charge is -2.34. The van der Waals surface area contributed by atoms with Crippen molar-refractivity contribution in [2.45, 2.75) is 18.8 Å². The van der Waals surface area contributed by atoms with Crippen molar-refractivity contribution in [3.63, 3.8) is 0 Å². The number of halogens is 1. The fourth-order valence-electron chi connectivity index (χ4n) is 3.65. The minimum atomic E-state index is -0.424. The van der Waals surface area contributed by atoms with E-state index in [2.05, 4.69) is 25.3 Å². The van der Waals surface area contributed by atoms with E-state index in [9.17, 15) is 9.18 Å². The second-order valence-corrected chi connectivity index (χ2v) is 7.59. The average Bonchev–Trinajstić information content (AvgIpc) is 3.49. The summed E-state index contributed by atoms with van der Waals surface area (Å²) < 4.78 is 15.5. The summed E-state index contributed by atoms with van der Waals surface area (Å²) in [4.78, 5) is 16.5. The molecule has 2 aromatic heterocycles. The van der Waals surface area contributed by atoms with Crippen LogP contribution < -0.4 is 10.2 Å². The van der Waals surface area contributed by atoms with Crippen molar-refractivity contribution in [3.05, 3.63) is 48.0 Å². The SMILES string of the molecule is O=C(CN1CCN(c2ccc3nnc(C4CC4)n3n2)CC1)Nc1ccccc1F. The Kier molecular flexibility index (Phi) is 4.59. The summed E-state index contributed by atoms with van der Waals surface area (Å²) >= 11 is 0. The maximum absolute atomic E-state index is 13.7. The van der Waals surface area contributed by atoms with Crippen LogP contribution in [0.1, 0.15) is 24.6 Å². The molecule has 0 radical (unpaired) electrons. The third-order valence-corrected chi connectivity index (χ3v) is 5.43. The molecule has 0 spiro atoms. The molecular formula is C20H22FN7O. The highest BCUT2D eigenvalue weighted by molar-refractivity contribution is 5.92. The topological polar surface area (TPSA) is 78.7 Å². The zero-order valence-corrected chi connectivity index (χ0v) is 16.0. The molecule has 0 atom stereocenters. The van der Waals surface area contributed by atoms with Gasteiger partial charge in [-0.15, -0.1) is 15.3 Å². The smallest absolute Gasteiger partial charge is 0.238 e. The summed E-state index contributed by atoms with van der Waals surface area (Å²) in [7, 11) is 0. The van der Waals surface area contributed by atoms with Gasteiger partial charge < -0.3 is 10.2 Å². The van der Waals surface area contributed by atoms with Crippen LogP contribution in [0.3, 0.4) is 0 Å². The van der Waals surface area contributed by atoms with Crippen LogP contribution in [0.15, 0.2) is 36.4 Å². The molecule has 1 amide bonds. The number of hydrogen-bond acceptors (Lipinski definition) is 6. The van der Waals surface area contributed by atoms with Crippen LogP contribution in [0.2, 0.25) is 0 Å². The first-order valence-electron chi connectivity index (χ1n) is 9.91. The first-order chi connectivity index (χ1) is 14.2. The molecule has 9 heteroatoms. The Balaban J connectivity index is 1.19. The second kappa shape index (κ2) is 7.40. The number of fused-ring (bicyclic) bond motifs is 1. The molecule has 1 saturated carbocycles. The van der Waals surface area contributed by atoms with Crippen LogP contribution in [-0.2, 0) is 4.79 Å². The summed E-state index contributed by atoms with van der Waals surface area (Å²) in [5.41, 5.74) is 0.994. The molecule has 29 heavy (non-hydrogen) atoms. The van der Waals surface area contributed by atoms with Crippen LogP contribution >= 0.6 is 0 Å². The normalized spacial score (nSPS) is 17.6. The number of nitrogens with zero attached hydrogens (tertiary/aromatic N) is 6. The van der Waals surface area contributed by atoms with Crippen molar-refractivity contribution in [2.75, 3.05) is 42.9 Å². The minimum Gasteiger partial charge on any atom is -0.353 e. The molecule has 150 valence electrons. The maximum atomic E-state index is 13.7. The number of hydrogen-bond donors (Lipinski definition) is 1. The molecule has 2 fully saturated rings. The van der Waals surface area contributed by atoms with Crippen molar-refractivity contribution in [1.29, 1.82) is 0 Å². The molecule has 0 bridgehead atoms. The Hall–Kier alpha value is -3.07.